The Kier molecular flexibility index (Phi) is 5.10. The molecule has 3 heterocycles. The Balaban J connectivity index is 1.38. The van der Waals surface area contributed by atoms with Crippen molar-refractivity contribution in [2.45, 2.75) is 0 Å². The third-order valence-corrected chi connectivity index (χ3v) is 6.62. The monoisotopic (exact) mass is 472 g/mol. The number of thiazole rings is 1. The molecule has 0 radical (unpaired) electrons. The molecule has 3 aromatic carbocycles. The molecule has 0 bridgehead atoms. The van der Waals surface area contributed by atoms with E-state index in [2.05, 4.69) is 11.1 Å². The Morgan fingerprint density at radius 3 is 2.60 bits per heavy atom. The first-order valence-electron chi connectivity index (χ1n) is 10.9. The van der Waals surface area contributed by atoms with Crippen molar-refractivity contribution in [2.24, 2.45) is 0 Å². The summed E-state index contributed by atoms with van der Waals surface area (Å²) in [6, 6.07) is 29.1. The van der Waals surface area contributed by atoms with Gasteiger partial charge < -0.3 is 8.83 Å². The van der Waals surface area contributed by atoms with Crippen molar-refractivity contribution in [1.29, 1.82) is 5.26 Å². The Bertz CT molecular complexity index is 1840. The maximum absolute atomic E-state index is 12.8. The van der Waals surface area contributed by atoms with Crippen LogP contribution in [0.3, 0.4) is 0 Å². The number of hydrogen-bond donors (Lipinski definition) is 0. The van der Waals surface area contributed by atoms with Crippen molar-refractivity contribution < 1.29 is 8.83 Å². The highest BCUT2D eigenvalue weighted by molar-refractivity contribution is 7.11. The van der Waals surface area contributed by atoms with Crippen LogP contribution >= 0.6 is 11.3 Å². The minimum Gasteiger partial charge on any atom is -0.457 e. The predicted octanol–water partition coefficient (Wildman–Crippen LogP) is 7.39. The summed E-state index contributed by atoms with van der Waals surface area (Å²) in [5.74, 6) is 1.27. The summed E-state index contributed by atoms with van der Waals surface area (Å²) in [5.41, 5.74) is 2.20. The van der Waals surface area contributed by atoms with Gasteiger partial charge in [-0.2, -0.15) is 5.26 Å². The number of hydrogen-bond acceptors (Lipinski definition) is 6. The van der Waals surface area contributed by atoms with Crippen LogP contribution in [0, 0.1) is 11.3 Å². The first kappa shape index (κ1) is 20.8. The lowest BCUT2D eigenvalue weighted by molar-refractivity contribution is 0.563. The molecule has 0 aliphatic heterocycles. The van der Waals surface area contributed by atoms with Gasteiger partial charge in [0.1, 0.15) is 28.2 Å². The lowest BCUT2D eigenvalue weighted by Crippen LogP contribution is -2.03. The molecule has 0 unspecified atom stereocenters. The van der Waals surface area contributed by atoms with Gasteiger partial charge in [0.05, 0.1) is 16.8 Å². The molecule has 0 saturated carbocycles. The van der Waals surface area contributed by atoms with Crippen LogP contribution < -0.4 is 5.63 Å². The maximum atomic E-state index is 12.8. The number of nitriles is 1. The van der Waals surface area contributed by atoms with Crippen LogP contribution in [0.4, 0.5) is 0 Å². The molecule has 0 aliphatic rings. The molecule has 0 N–H and O–H groups in total. The Morgan fingerprint density at radius 1 is 0.914 bits per heavy atom. The van der Waals surface area contributed by atoms with Crippen molar-refractivity contribution in [2.75, 3.05) is 0 Å². The normalized spacial score (nSPS) is 11.7. The summed E-state index contributed by atoms with van der Waals surface area (Å²) >= 11 is 1.29. The van der Waals surface area contributed by atoms with Crippen LogP contribution in [-0.4, -0.2) is 4.98 Å². The lowest BCUT2D eigenvalue weighted by atomic mass is 10.0. The van der Waals surface area contributed by atoms with E-state index in [4.69, 9.17) is 8.83 Å². The van der Waals surface area contributed by atoms with Crippen molar-refractivity contribution in [3.05, 3.63) is 111 Å². The molecule has 6 rings (SSSR count). The van der Waals surface area contributed by atoms with Gasteiger partial charge in [-0.05, 0) is 35.0 Å². The molecule has 6 heteroatoms. The van der Waals surface area contributed by atoms with E-state index in [1.807, 2.05) is 78.9 Å². The van der Waals surface area contributed by atoms with Crippen LogP contribution in [0.2, 0.25) is 0 Å². The molecular formula is C29H16N2O3S. The molecule has 166 valence electrons. The molecule has 3 aromatic heterocycles. The van der Waals surface area contributed by atoms with Crippen LogP contribution in [0.15, 0.2) is 104 Å². The molecule has 35 heavy (non-hydrogen) atoms. The fourth-order valence-electron chi connectivity index (χ4n) is 4.04. The highest BCUT2D eigenvalue weighted by Gasteiger charge is 2.15. The molecule has 0 aliphatic carbocycles. The summed E-state index contributed by atoms with van der Waals surface area (Å²) < 4.78 is 11.5. The smallest absolute Gasteiger partial charge is 0.345 e. The molecule has 0 saturated heterocycles. The summed E-state index contributed by atoms with van der Waals surface area (Å²) in [4.78, 5) is 17.3. The third kappa shape index (κ3) is 3.84. The molecule has 6 aromatic rings. The van der Waals surface area contributed by atoms with Crippen molar-refractivity contribution in [1.82, 2.24) is 4.98 Å². The van der Waals surface area contributed by atoms with E-state index < -0.39 is 5.63 Å². The summed E-state index contributed by atoms with van der Waals surface area (Å²) in [6.45, 7) is 0. The third-order valence-electron chi connectivity index (χ3n) is 5.74. The van der Waals surface area contributed by atoms with Crippen LogP contribution in [0.25, 0.3) is 56.0 Å². The highest BCUT2D eigenvalue weighted by atomic mass is 32.1. The number of fused-ring (bicyclic) bond motifs is 3. The Labute approximate surface area is 203 Å². The van der Waals surface area contributed by atoms with Crippen molar-refractivity contribution >= 4 is 44.7 Å². The lowest BCUT2D eigenvalue weighted by Gasteiger charge is -2.04. The average molecular weight is 473 g/mol. The fraction of sp³-hybridized carbons (Fsp3) is 0. The molecule has 0 amide bonds. The fourth-order valence-corrected chi connectivity index (χ4v) is 4.83. The number of benzene rings is 3. The van der Waals surface area contributed by atoms with Crippen LogP contribution in [0.5, 0.6) is 0 Å². The second kappa shape index (κ2) is 8.56. The number of aromatic nitrogens is 1. The van der Waals surface area contributed by atoms with Gasteiger partial charge in [0, 0.05) is 22.4 Å². The first-order chi connectivity index (χ1) is 17.2. The van der Waals surface area contributed by atoms with E-state index in [0.29, 0.717) is 33.2 Å². The van der Waals surface area contributed by atoms with E-state index in [1.165, 1.54) is 11.3 Å². The predicted molar refractivity (Wildman–Crippen MR) is 139 cm³/mol. The zero-order chi connectivity index (χ0) is 23.8. The minimum absolute atomic E-state index is 0.353. The van der Waals surface area contributed by atoms with Gasteiger partial charge in [-0.15, -0.1) is 11.3 Å². The van der Waals surface area contributed by atoms with Gasteiger partial charge in [-0.1, -0.05) is 60.7 Å². The van der Waals surface area contributed by atoms with E-state index >= 15 is 0 Å². The van der Waals surface area contributed by atoms with Gasteiger partial charge >= 0.3 is 5.63 Å². The minimum atomic E-state index is -0.467. The number of rotatable bonds is 4. The maximum Gasteiger partial charge on any atom is 0.345 e. The summed E-state index contributed by atoms with van der Waals surface area (Å²) in [7, 11) is 0. The quantitative estimate of drug-likeness (QED) is 0.152. The van der Waals surface area contributed by atoms with Gasteiger partial charge in [0.2, 0.25) is 0 Å². The number of allylic oxidation sites excluding steroid dienone is 1. The van der Waals surface area contributed by atoms with Crippen molar-refractivity contribution in [3.8, 4) is 28.7 Å². The molecular weight excluding hydrogens is 456 g/mol. The van der Waals surface area contributed by atoms with Crippen molar-refractivity contribution in [3.63, 3.8) is 0 Å². The second-order valence-corrected chi connectivity index (χ2v) is 8.78. The number of furan rings is 1. The van der Waals surface area contributed by atoms with E-state index in [-0.39, 0.29) is 0 Å². The topological polar surface area (TPSA) is 80.0 Å². The second-order valence-electron chi connectivity index (χ2n) is 7.92. The van der Waals surface area contributed by atoms with Crippen LogP contribution in [-0.2, 0) is 0 Å². The van der Waals surface area contributed by atoms with E-state index in [9.17, 15) is 10.1 Å². The SMILES string of the molecule is N#C/C(=C\c1ccc(-c2ccccc2)o1)c1nc(-c2cc3c(ccc4ccccc43)oc2=O)cs1. The molecule has 0 atom stereocenters. The van der Waals surface area contributed by atoms with Gasteiger partial charge in [0.15, 0.2) is 0 Å². The largest absolute Gasteiger partial charge is 0.457 e. The Hall–Kier alpha value is -4.73. The molecule has 5 nitrogen and oxygen atoms in total. The molecule has 0 fully saturated rings. The zero-order valence-electron chi connectivity index (χ0n) is 18.3. The molecule has 0 spiro atoms. The van der Waals surface area contributed by atoms with Gasteiger partial charge in [0.25, 0.3) is 0 Å². The van der Waals surface area contributed by atoms with Crippen LogP contribution in [0.1, 0.15) is 10.8 Å². The first-order valence-corrected chi connectivity index (χ1v) is 11.8. The van der Waals surface area contributed by atoms with Gasteiger partial charge in [-0.3, -0.25) is 0 Å². The van der Waals surface area contributed by atoms with Gasteiger partial charge in [-0.25, -0.2) is 9.78 Å². The zero-order valence-corrected chi connectivity index (χ0v) is 19.1. The van der Waals surface area contributed by atoms with E-state index in [0.717, 1.165) is 27.5 Å². The summed E-state index contributed by atoms with van der Waals surface area (Å²) in [6.07, 6.45) is 1.66. The summed E-state index contributed by atoms with van der Waals surface area (Å²) in [5, 5.41) is 14.9. The van der Waals surface area contributed by atoms with E-state index in [1.54, 1.807) is 17.5 Å². The standard InChI is InChI=1S/C29H16N2O3S/c30-16-20(14-21-11-13-26(33-21)19-7-2-1-3-8-19)28-31-25(17-35-28)24-15-23-22-9-5-4-6-18(22)10-12-27(23)34-29(24)32/h1-15,17H/b20-14+. The average Bonchev–Trinajstić information content (AvgIpc) is 3.57. The Morgan fingerprint density at radius 2 is 1.74 bits per heavy atom. The highest BCUT2D eigenvalue weighted by Crippen LogP contribution is 2.31. The number of nitrogens with zero attached hydrogens (tertiary/aromatic N) is 2.